The lowest BCUT2D eigenvalue weighted by Gasteiger charge is -2.21. The van der Waals surface area contributed by atoms with Crippen LogP contribution in [0.2, 0.25) is 0 Å². The topological polar surface area (TPSA) is 113 Å². The van der Waals surface area contributed by atoms with Crippen LogP contribution in [0.1, 0.15) is 35.2 Å². The molecule has 1 aliphatic rings. The second-order valence-corrected chi connectivity index (χ2v) is 7.52. The maximum atomic E-state index is 12.4. The quantitative estimate of drug-likeness (QED) is 0.637. The van der Waals surface area contributed by atoms with Gasteiger partial charge in [0.2, 0.25) is 5.88 Å². The molecule has 31 heavy (non-hydrogen) atoms. The Kier molecular flexibility index (Phi) is 6.24. The summed E-state index contributed by atoms with van der Waals surface area (Å²) in [5.41, 5.74) is 2.25. The zero-order valence-corrected chi connectivity index (χ0v) is 17.0. The fraction of sp³-hybridized carbons (Fsp3) is 0.304. The van der Waals surface area contributed by atoms with Gasteiger partial charge in [-0.3, -0.25) is 4.79 Å². The summed E-state index contributed by atoms with van der Waals surface area (Å²) in [6, 6.07) is 12.2. The van der Waals surface area contributed by atoms with E-state index in [0.717, 1.165) is 38.0 Å². The Bertz CT molecular complexity index is 1080. The largest absolute Gasteiger partial charge is 0.493 e. The molecule has 8 heteroatoms. The second kappa shape index (κ2) is 9.41. The highest BCUT2D eigenvalue weighted by molar-refractivity contribution is 5.93. The Hall–Kier alpha value is -3.70. The summed E-state index contributed by atoms with van der Waals surface area (Å²) in [4.78, 5) is 16.6. The van der Waals surface area contributed by atoms with E-state index in [0.29, 0.717) is 35.0 Å². The molecule has 2 aromatic heterocycles. The minimum absolute atomic E-state index is 0.0656. The van der Waals surface area contributed by atoms with Gasteiger partial charge in [0.05, 0.1) is 29.0 Å². The first kappa shape index (κ1) is 20.6. The molecule has 0 aliphatic carbocycles. The lowest BCUT2D eigenvalue weighted by Crippen LogP contribution is -2.28. The number of hydrogen-bond acceptors (Lipinski definition) is 6. The highest BCUT2D eigenvalue weighted by Crippen LogP contribution is 2.30. The van der Waals surface area contributed by atoms with Crippen molar-refractivity contribution >= 4 is 5.91 Å². The number of aromatic nitrogens is 3. The summed E-state index contributed by atoms with van der Waals surface area (Å²) in [5, 5.41) is 26.6. The van der Waals surface area contributed by atoms with Crippen molar-refractivity contribution in [2.75, 3.05) is 19.8 Å². The van der Waals surface area contributed by atoms with Gasteiger partial charge in [-0.1, -0.05) is 12.1 Å². The van der Waals surface area contributed by atoms with Crippen LogP contribution < -0.4 is 5.32 Å². The standard InChI is InChI=1S/C23H23N5O3/c24-12-16-3-5-18(6-4-16)20-14-27-28(23(20)30)21-8-7-19(13-26-21)22(29)25-10-9-17-2-1-11-31-15-17/h3-8,13-14,17,30H,1-2,9-11,15H2,(H,25,29). The Balaban J connectivity index is 1.40. The zero-order valence-electron chi connectivity index (χ0n) is 17.0. The fourth-order valence-corrected chi connectivity index (χ4v) is 3.61. The molecule has 0 saturated carbocycles. The number of hydrogen-bond donors (Lipinski definition) is 2. The number of nitrogens with zero attached hydrogens (tertiary/aromatic N) is 4. The van der Waals surface area contributed by atoms with Gasteiger partial charge >= 0.3 is 0 Å². The van der Waals surface area contributed by atoms with Crippen LogP contribution in [0.4, 0.5) is 0 Å². The average Bonchev–Trinajstić information content (AvgIpc) is 3.21. The molecule has 3 heterocycles. The minimum Gasteiger partial charge on any atom is -0.493 e. The maximum Gasteiger partial charge on any atom is 0.252 e. The molecule has 1 amide bonds. The number of pyridine rings is 1. The van der Waals surface area contributed by atoms with Crippen LogP contribution in [0.3, 0.4) is 0 Å². The van der Waals surface area contributed by atoms with Gasteiger partial charge in [-0.25, -0.2) is 4.98 Å². The molecule has 158 valence electrons. The minimum atomic E-state index is -0.182. The van der Waals surface area contributed by atoms with Gasteiger partial charge in [0, 0.05) is 26.0 Å². The van der Waals surface area contributed by atoms with E-state index in [1.54, 1.807) is 36.4 Å². The van der Waals surface area contributed by atoms with Crippen molar-refractivity contribution < 1.29 is 14.6 Å². The third-order valence-electron chi connectivity index (χ3n) is 5.39. The Morgan fingerprint density at radius 2 is 2.10 bits per heavy atom. The summed E-state index contributed by atoms with van der Waals surface area (Å²) in [6.45, 7) is 2.20. The van der Waals surface area contributed by atoms with Crippen LogP contribution in [0.25, 0.3) is 16.9 Å². The number of nitriles is 1. The summed E-state index contributed by atoms with van der Waals surface area (Å²) in [7, 11) is 0. The van der Waals surface area contributed by atoms with E-state index in [1.807, 2.05) is 0 Å². The van der Waals surface area contributed by atoms with Crippen LogP contribution in [0, 0.1) is 17.2 Å². The second-order valence-electron chi connectivity index (χ2n) is 7.52. The van der Waals surface area contributed by atoms with E-state index in [2.05, 4.69) is 21.5 Å². The first-order valence-corrected chi connectivity index (χ1v) is 10.3. The maximum absolute atomic E-state index is 12.4. The number of ether oxygens (including phenoxy) is 1. The molecular formula is C23H23N5O3. The molecule has 0 spiro atoms. The highest BCUT2D eigenvalue weighted by atomic mass is 16.5. The van der Waals surface area contributed by atoms with E-state index in [1.165, 1.54) is 17.1 Å². The van der Waals surface area contributed by atoms with Crippen molar-refractivity contribution in [3.8, 4) is 28.9 Å². The van der Waals surface area contributed by atoms with E-state index in [9.17, 15) is 9.90 Å². The number of carbonyl (C=O) groups excluding carboxylic acids is 1. The molecule has 3 aromatic rings. The number of nitrogens with one attached hydrogen (secondary N) is 1. The lowest BCUT2D eigenvalue weighted by molar-refractivity contribution is 0.0514. The monoisotopic (exact) mass is 417 g/mol. The van der Waals surface area contributed by atoms with Crippen LogP contribution in [0.5, 0.6) is 5.88 Å². The van der Waals surface area contributed by atoms with Crippen molar-refractivity contribution in [2.24, 2.45) is 5.92 Å². The van der Waals surface area contributed by atoms with Crippen molar-refractivity contribution in [1.29, 1.82) is 5.26 Å². The van der Waals surface area contributed by atoms with E-state index >= 15 is 0 Å². The molecule has 1 atom stereocenters. The molecule has 1 saturated heterocycles. The van der Waals surface area contributed by atoms with Crippen LogP contribution in [0.15, 0.2) is 48.8 Å². The van der Waals surface area contributed by atoms with E-state index in [4.69, 9.17) is 10.00 Å². The first-order chi connectivity index (χ1) is 15.2. The lowest BCUT2D eigenvalue weighted by atomic mass is 9.99. The molecule has 1 aromatic carbocycles. The summed E-state index contributed by atoms with van der Waals surface area (Å²) in [5.74, 6) is 0.652. The Morgan fingerprint density at radius 1 is 1.26 bits per heavy atom. The predicted molar refractivity (Wildman–Crippen MR) is 114 cm³/mol. The number of amides is 1. The Labute approximate surface area is 180 Å². The average molecular weight is 417 g/mol. The SMILES string of the molecule is N#Cc1ccc(-c2cnn(-c3ccc(C(=O)NCCC4CCCOC4)cn3)c2O)cc1. The van der Waals surface area contributed by atoms with Gasteiger partial charge in [-0.15, -0.1) is 0 Å². The first-order valence-electron chi connectivity index (χ1n) is 10.3. The molecule has 8 nitrogen and oxygen atoms in total. The molecule has 1 aliphatic heterocycles. The van der Waals surface area contributed by atoms with Gasteiger partial charge in [0.25, 0.3) is 5.91 Å². The third kappa shape index (κ3) is 4.73. The molecule has 1 fully saturated rings. The van der Waals surface area contributed by atoms with Gasteiger partial charge in [0.1, 0.15) is 0 Å². The van der Waals surface area contributed by atoms with Gasteiger partial charge in [0.15, 0.2) is 5.82 Å². The Morgan fingerprint density at radius 3 is 2.77 bits per heavy atom. The summed E-state index contributed by atoms with van der Waals surface area (Å²) in [6.07, 6.45) is 6.13. The van der Waals surface area contributed by atoms with Gasteiger partial charge < -0.3 is 15.2 Å². The number of carbonyl (C=O) groups is 1. The van der Waals surface area contributed by atoms with Crippen molar-refractivity contribution in [2.45, 2.75) is 19.3 Å². The van der Waals surface area contributed by atoms with Crippen LogP contribution in [-0.4, -0.2) is 45.5 Å². The highest BCUT2D eigenvalue weighted by Gasteiger charge is 2.16. The van der Waals surface area contributed by atoms with Crippen LogP contribution >= 0.6 is 0 Å². The summed E-state index contributed by atoms with van der Waals surface area (Å²) < 4.78 is 6.77. The number of aromatic hydroxyl groups is 1. The number of rotatable bonds is 6. The van der Waals surface area contributed by atoms with Crippen molar-refractivity contribution in [1.82, 2.24) is 20.1 Å². The predicted octanol–water partition coefficient (Wildman–Crippen LogP) is 3.06. The van der Waals surface area contributed by atoms with E-state index in [-0.39, 0.29) is 11.8 Å². The van der Waals surface area contributed by atoms with Gasteiger partial charge in [-0.2, -0.15) is 15.0 Å². The molecule has 2 N–H and O–H groups in total. The normalized spacial score (nSPS) is 15.9. The van der Waals surface area contributed by atoms with Gasteiger partial charge in [-0.05, 0) is 55.0 Å². The number of benzene rings is 1. The summed E-state index contributed by atoms with van der Waals surface area (Å²) >= 11 is 0. The smallest absolute Gasteiger partial charge is 0.252 e. The van der Waals surface area contributed by atoms with Crippen molar-refractivity contribution in [3.63, 3.8) is 0 Å². The zero-order chi connectivity index (χ0) is 21.6. The molecule has 0 radical (unpaired) electrons. The third-order valence-corrected chi connectivity index (χ3v) is 5.39. The fourth-order valence-electron chi connectivity index (χ4n) is 3.61. The van der Waals surface area contributed by atoms with E-state index < -0.39 is 0 Å². The van der Waals surface area contributed by atoms with Crippen molar-refractivity contribution in [3.05, 3.63) is 59.9 Å². The molecule has 1 unspecified atom stereocenters. The molecule has 0 bridgehead atoms. The molecular weight excluding hydrogens is 394 g/mol. The molecule has 4 rings (SSSR count). The van der Waals surface area contributed by atoms with Crippen LogP contribution in [-0.2, 0) is 4.74 Å².